The fraction of sp³-hybridized carbons (Fsp3) is 0.462. The number of nitrogens with one attached hydrogen (secondary N) is 2. The van der Waals surface area contributed by atoms with Gasteiger partial charge in [-0.1, -0.05) is 28.1 Å². The Balaban J connectivity index is 0.00000180. The zero-order valence-electron chi connectivity index (χ0n) is 10.5. The number of benzene rings is 1. The van der Waals surface area contributed by atoms with E-state index in [0.717, 1.165) is 23.1 Å². The second kappa shape index (κ2) is 8.53. The molecular weight excluding hydrogens is 332 g/mol. The SMILES string of the molecule is Cl.O=C(CC1CNCCO1)NCc1cccc(Br)c1. The van der Waals surface area contributed by atoms with Crippen LogP contribution in [0.1, 0.15) is 12.0 Å². The van der Waals surface area contributed by atoms with Gasteiger partial charge in [0.05, 0.1) is 19.1 Å². The Kier molecular flexibility index (Phi) is 7.38. The fourth-order valence-electron chi connectivity index (χ4n) is 1.88. The molecule has 19 heavy (non-hydrogen) atoms. The Labute approximate surface area is 127 Å². The van der Waals surface area contributed by atoms with Crippen molar-refractivity contribution in [2.24, 2.45) is 0 Å². The van der Waals surface area contributed by atoms with Crippen molar-refractivity contribution in [3.05, 3.63) is 34.3 Å². The van der Waals surface area contributed by atoms with Crippen LogP contribution in [0.25, 0.3) is 0 Å². The summed E-state index contributed by atoms with van der Waals surface area (Å²) >= 11 is 3.41. The van der Waals surface area contributed by atoms with Gasteiger partial charge < -0.3 is 15.4 Å². The molecule has 1 unspecified atom stereocenters. The number of ether oxygens (including phenoxy) is 1. The molecule has 0 bridgehead atoms. The molecule has 0 aromatic heterocycles. The molecule has 1 aromatic rings. The number of hydrogen-bond acceptors (Lipinski definition) is 3. The van der Waals surface area contributed by atoms with E-state index in [-0.39, 0.29) is 24.4 Å². The summed E-state index contributed by atoms with van der Waals surface area (Å²) in [5.74, 6) is 0.0312. The number of morpholine rings is 1. The molecule has 2 rings (SSSR count). The number of carbonyl (C=O) groups excluding carboxylic acids is 1. The van der Waals surface area contributed by atoms with Gasteiger partial charge in [-0.05, 0) is 17.7 Å². The van der Waals surface area contributed by atoms with Gasteiger partial charge >= 0.3 is 0 Å². The summed E-state index contributed by atoms with van der Waals surface area (Å²) in [6.45, 7) is 2.86. The third-order valence-electron chi connectivity index (χ3n) is 2.80. The van der Waals surface area contributed by atoms with Gasteiger partial charge in [-0.15, -0.1) is 12.4 Å². The maximum Gasteiger partial charge on any atom is 0.222 e. The molecule has 106 valence electrons. The van der Waals surface area contributed by atoms with Crippen molar-refractivity contribution in [1.82, 2.24) is 10.6 Å². The molecule has 0 saturated carbocycles. The largest absolute Gasteiger partial charge is 0.375 e. The summed E-state index contributed by atoms with van der Waals surface area (Å²) in [6.07, 6.45) is 0.419. The maximum absolute atomic E-state index is 11.7. The van der Waals surface area contributed by atoms with Crippen LogP contribution >= 0.6 is 28.3 Å². The third kappa shape index (κ3) is 5.91. The fourth-order valence-corrected chi connectivity index (χ4v) is 2.32. The lowest BCUT2D eigenvalue weighted by Crippen LogP contribution is -2.41. The minimum atomic E-state index is 0. The van der Waals surface area contributed by atoms with Crippen LogP contribution in [0.4, 0.5) is 0 Å². The van der Waals surface area contributed by atoms with Crippen molar-refractivity contribution >= 4 is 34.2 Å². The van der Waals surface area contributed by atoms with E-state index >= 15 is 0 Å². The second-order valence-corrected chi connectivity index (χ2v) is 5.22. The molecule has 1 heterocycles. The maximum atomic E-state index is 11.7. The second-order valence-electron chi connectivity index (χ2n) is 4.31. The predicted molar refractivity (Wildman–Crippen MR) is 80.5 cm³/mol. The number of hydrogen-bond donors (Lipinski definition) is 2. The molecule has 1 saturated heterocycles. The van der Waals surface area contributed by atoms with Crippen molar-refractivity contribution in [1.29, 1.82) is 0 Å². The molecule has 1 atom stereocenters. The van der Waals surface area contributed by atoms with Crippen LogP contribution in [-0.4, -0.2) is 31.7 Å². The zero-order valence-corrected chi connectivity index (χ0v) is 12.9. The van der Waals surface area contributed by atoms with Crippen molar-refractivity contribution in [3.8, 4) is 0 Å². The third-order valence-corrected chi connectivity index (χ3v) is 3.29. The van der Waals surface area contributed by atoms with Crippen LogP contribution in [0.5, 0.6) is 0 Å². The molecule has 1 aromatic carbocycles. The van der Waals surface area contributed by atoms with Gasteiger partial charge in [0.1, 0.15) is 0 Å². The van der Waals surface area contributed by atoms with Gasteiger partial charge in [-0.3, -0.25) is 4.79 Å². The van der Waals surface area contributed by atoms with Crippen LogP contribution in [0, 0.1) is 0 Å². The molecular formula is C13H18BrClN2O2. The molecule has 2 N–H and O–H groups in total. The van der Waals surface area contributed by atoms with Gasteiger partial charge in [-0.2, -0.15) is 0 Å². The first kappa shape index (κ1) is 16.4. The van der Waals surface area contributed by atoms with E-state index in [9.17, 15) is 4.79 Å². The van der Waals surface area contributed by atoms with Crippen molar-refractivity contribution < 1.29 is 9.53 Å². The highest BCUT2D eigenvalue weighted by Gasteiger charge is 2.16. The Morgan fingerprint density at radius 3 is 3.05 bits per heavy atom. The molecule has 4 nitrogen and oxygen atoms in total. The molecule has 1 aliphatic heterocycles. The van der Waals surface area contributed by atoms with E-state index < -0.39 is 0 Å². The van der Waals surface area contributed by atoms with Gasteiger partial charge in [0, 0.05) is 24.1 Å². The molecule has 1 fully saturated rings. The number of halogens is 2. The average Bonchev–Trinajstić information content (AvgIpc) is 2.38. The van der Waals surface area contributed by atoms with Crippen LogP contribution in [0.2, 0.25) is 0 Å². The summed E-state index contributed by atoms with van der Waals surface area (Å²) in [4.78, 5) is 11.7. The van der Waals surface area contributed by atoms with E-state index in [1.54, 1.807) is 0 Å². The van der Waals surface area contributed by atoms with E-state index in [2.05, 4.69) is 26.6 Å². The van der Waals surface area contributed by atoms with Crippen molar-refractivity contribution in [2.45, 2.75) is 19.1 Å². The quantitative estimate of drug-likeness (QED) is 0.872. The highest BCUT2D eigenvalue weighted by Crippen LogP contribution is 2.11. The van der Waals surface area contributed by atoms with Gasteiger partial charge in [0.15, 0.2) is 0 Å². The number of amides is 1. The van der Waals surface area contributed by atoms with Crippen LogP contribution in [-0.2, 0) is 16.1 Å². The first-order valence-electron chi connectivity index (χ1n) is 6.07. The van der Waals surface area contributed by atoms with Crippen LogP contribution < -0.4 is 10.6 Å². The molecule has 1 aliphatic rings. The summed E-state index contributed by atoms with van der Waals surface area (Å²) in [7, 11) is 0. The molecule has 0 spiro atoms. The lowest BCUT2D eigenvalue weighted by atomic mass is 10.2. The van der Waals surface area contributed by atoms with E-state index in [4.69, 9.17) is 4.74 Å². The Bertz CT molecular complexity index is 411. The Morgan fingerprint density at radius 1 is 1.53 bits per heavy atom. The lowest BCUT2D eigenvalue weighted by Gasteiger charge is -2.23. The minimum Gasteiger partial charge on any atom is -0.375 e. The van der Waals surface area contributed by atoms with Gasteiger partial charge in [0.2, 0.25) is 5.91 Å². The first-order chi connectivity index (χ1) is 8.74. The standard InChI is InChI=1S/C13H17BrN2O2.ClH/c14-11-3-1-2-10(6-11)8-16-13(17)7-12-9-15-4-5-18-12;/h1-3,6,12,15H,4-5,7-9H2,(H,16,17);1H. The monoisotopic (exact) mass is 348 g/mol. The molecule has 1 amide bonds. The van der Waals surface area contributed by atoms with Gasteiger partial charge in [0.25, 0.3) is 0 Å². The summed E-state index contributed by atoms with van der Waals surface area (Å²) in [6, 6.07) is 7.91. The van der Waals surface area contributed by atoms with Crippen LogP contribution in [0.15, 0.2) is 28.7 Å². The minimum absolute atomic E-state index is 0. The highest BCUT2D eigenvalue weighted by atomic mass is 79.9. The van der Waals surface area contributed by atoms with E-state index in [1.807, 2.05) is 24.3 Å². The predicted octanol–water partition coefficient (Wildman–Crippen LogP) is 1.87. The first-order valence-corrected chi connectivity index (χ1v) is 6.87. The summed E-state index contributed by atoms with van der Waals surface area (Å²) in [5, 5.41) is 6.12. The molecule has 6 heteroatoms. The van der Waals surface area contributed by atoms with E-state index in [0.29, 0.717) is 19.6 Å². The molecule has 0 radical (unpaired) electrons. The topological polar surface area (TPSA) is 50.4 Å². The lowest BCUT2D eigenvalue weighted by molar-refractivity contribution is -0.124. The van der Waals surface area contributed by atoms with Crippen molar-refractivity contribution in [2.75, 3.05) is 19.7 Å². The number of rotatable bonds is 4. The summed E-state index contributed by atoms with van der Waals surface area (Å²) in [5.41, 5.74) is 1.08. The van der Waals surface area contributed by atoms with Gasteiger partial charge in [-0.25, -0.2) is 0 Å². The van der Waals surface area contributed by atoms with Crippen LogP contribution in [0.3, 0.4) is 0 Å². The smallest absolute Gasteiger partial charge is 0.222 e. The normalized spacial score (nSPS) is 18.5. The Morgan fingerprint density at radius 2 is 2.37 bits per heavy atom. The zero-order chi connectivity index (χ0) is 12.8. The Hall–Kier alpha value is -0.620. The highest BCUT2D eigenvalue weighted by molar-refractivity contribution is 9.10. The summed E-state index contributed by atoms with van der Waals surface area (Å²) < 4.78 is 6.51. The number of carbonyl (C=O) groups is 1. The van der Waals surface area contributed by atoms with E-state index in [1.165, 1.54) is 0 Å². The average molecular weight is 350 g/mol. The van der Waals surface area contributed by atoms with Crippen molar-refractivity contribution in [3.63, 3.8) is 0 Å². The molecule has 0 aliphatic carbocycles.